The molecule has 1 aliphatic carbocycles. The van der Waals surface area contributed by atoms with Crippen molar-refractivity contribution in [1.29, 1.82) is 0 Å². The molecule has 0 heterocycles. The molecule has 1 rings (SSSR count). The molecular formula is C9H13Cl2N. The Kier molecular flexibility index (Phi) is 3.60. The van der Waals surface area contributed by atoms with Gasteiger partial charge in [0, 0.05) is 12.9 Å². The average molecular weight is 206 g/mol. The molecule has 0 aromatic rings. The fourth-order valence-corrected chi connectivity index (χ4v) is 1.79. The Hall–Kier alpha value is -0.0100. The van der Waals surface area contributed by atoms with Crippen LogP contribution in [-0.2, 0) is 0 Å². The quantitative estimate of drug-likeness (QED) is 0.496. The van der Waals surface area contributed by atoms with Crippen molar-refractivity contribution in [3.05, 3.63) is 11.1 Å². The molecule has 68 valence electrons. The molecule has 0 aliphatic heterocycles. The second-order valence-electron chi connectivity index (χ2n) is 3.07. The van der Waals surface area contributed by atoms with Crippen LogP contribution in [0.5, 0.6) is 0 Å². The molecule has 0 amide bonds. The first kappa shape index (κ1) is 10.1. The normalized spacial score (nSPS) is 20.8. The van der Waals surface area contributed by atoms with E-state index in [1.807, 2.05) is 6.92 Å². The van der Waals surface area contributed by atoms with Crippen LogP contribution in [0, 0.1) is 5.92 Å². The Bertz CT molecular complexity index is 227. The van der Waals surface area contributed by atoms with Gasteiger partial charge in [-0.3, -0.25) is 4.99 Å². The van der Waals surface area contributed by atoms with Gasteiger partial charge in [0.15, 0.2) is 0 Å². The third kappa shape index (κ3) is 2.24. The van der Waals surface area contributed by atoms with Gasteiger partial charge in [-0.1, -0.05) is 11.6 Å². The van der Waals surface area contributed by atoms with Gasteiger partial charge in [-0.2, -0.15) is 0 Å². The highest BCUT2D eigenvalue weighted by Gasteiger charge is 2.27. The molecule has 0 atom stereocenters. The molecule has 12 heavy (non-hydrogen) atoms. The molecule has 1 aliphatic rings. The molecule has 0 spiro atoms. The van der Waals surface area contributed by atoms with Crippen molar-refractivity contribution in [3.63, 3.8) is 0 Å². The minimum Gasteiger partial charge on any atom is -0.276 e. The number of alkyl halides is 1. The van der Waals surface area contributed by atoms with Crippen LogP contribution < -0.4 is 0 Å². The molecule has 3 heteroatoms. The largest absolute Gasteiger partial charge is 0.276 e. The summed E-state index contributed by atoms with van der Waals surface area (Å²) >= 11 is 11.7. The first-order chi connectivity index (χ1) is 5.70. The predicted molar refractivity (Wildman–Crippen MR) is 55.4 cm³/mol. The Balaban J connectivity index is 2.82. The van der Waals surface area contributed by atoms with Crippen molar-refractivity contribution >= 4 is 28.4 Å². The molecule has 0 saturated heterocycles. The molecule has 0 radical (unpaired) electrons. The van der Waals surface area contributed by atoms with Crippen LogP contribution in [0.3, 0.4) is 0 Å². The van der Waals surface area contributed by atoms with Crippen molar-refractivity contribution in [1.82, 2.24) is 0 Å². The van der Waals surface area contributed by atoms with Crippen molar-refractivity contribution in [2.24, 2.45) is 10.9 Å². The van der Waals surface area contributed by atoms with Crippen LogP contribution in [0.4, 0.5) is 0 Å². The van der Waals surface area contributed by atoms with Gasteiger partial charge in [0.05, 0.1) is 0 Å². The van der Waals surface area contributed by atoms with Crippen LogP contribution >= 0.6 is 23.2 Å². The zero-order valence-corrected chi connectivity index (χ0v) is 8.91. The van der Waals surface area contributed by atoms with Gasteiger partial charge in [-0.15, -0.1) is 11.6 Å². The van der Waals surface area contributed by atoms with Crippen molar-refractivity contribution in [2.75, 3.05) is 12.9 Å². The van der Waals surface area contributed by atoms with Gasteiger partial charge < -0.3 is 0 Å². The van der Waals surface area contributed by atoms with Gasteiger partial charge in [0.1, 0.15) is 5.17 Å². The van der Waals surface area contributed by atoms with E-state index >= 15 is 0 Å². The van der Waals surface area contributed by atoms with E-state index in [4.69, 9.17) is 23.2 Å². The summed E-state index contributed by atoms with van der Waals surface area (Å²) in [4.78, 5) is 3.93. The van der Waals surface area contributed by atoms with Crippen LogP contribution in [0.15, 0.2) is 16.1 Å². The van der Waals surface area contributed by atoms with Crippen LogP contribution in [0.25, 0.3) is 0 Å². The van der Waals surface area contributed by atoms with E-state index in [1.54, 1.807) is 7.05 Å². The third-order valence-corrected chi connectivity index (χ3v) is 2.94. The van der Waals surface area contributed by atoms with Crippen molar-refractivity contribution < 1.29 is 0 Å². The summed E-state index contributed by atoms with van der Waals surface area (Å²) in [6.07, 6.45) is 2.51. The lowest BCUT2D eigenvalue weighted by Crippen LogP contribution is -1.99. The van der Waals surface area contributed by atoms with Gasteiger partial charge in [-0.05, 0) is 36.8 Å². The van der Waals surface area contributed by atoms with Crippen molar-refractivity contribution in [2.45, 2.75) is 19.8 Å². The maximum Gasteiger partial charge on any atom is 0.126 e. The number of nitrogens with zero attached hydrogens (tertiary/aromatic N) is 1. The van der Waals surface area contributed by atoms with E-state index in [0.717, 1.165) is 5.57 Å². The number of aliphatic imine (C=N–C) groups is 1. The molecule has 1 saturated carbocycles. The summed E-state index contributed by atoms with van der Waals surface area (Å²) in [6.45, 7) is 1.99. The fourth-order valence-electron chi connectivity index (χ4n) is 1.25. The van der Waals surface area contributed by atoms with Gasteiger partial charge in [0.2, 0.25) is 0 Å². The highest BCUT2D eigenvalue weighted by molar-refractivity contribution is 6.69. The number of rotatable bonds is 3. The smallest absolute Gasteiger partial charge is 0.126 e. The lowest BCUT2D eigenvalue weighted by molar-refractivity contribution is 0.994. The molecule has 0 unspecified atom stereocenters. The summed E-state index contributed by atoms with van der Waals surface area (Å²) < 4.78 is 0. The van der Waals surface area contributed by atoms with E-state index in [9.17, 15) is 0 Å². The molecular weight excluding hydrogens is 193 g/mol. The van der Waals surface area contributed by atoms with Crippen LogP contribution in [0.1, 0.15) is 19.8 Å². The number of allylic oxidation sites excluding steroid dienone is 2. The minimum atomic E-state index is 0.586. The molecule has 1 fully saturated rings. The van der Waals surface area contributed by atoms with E-state index in [-0.39, 0.29) is 0 Å². The van der Waals surface area contributed by atoms with Gasteiger partial charge in [-0.25, -0.2) is 0 Å². The number of hydrogen-bond acceptors (Lipinski definition) is 1. The Labute approximate surface area is 83.5 Å². The fraction of sp³-hybridized carbons (Fsp3) is 0.667. The Morgan fingerprint density at radius 2 is 2.08 bits per heavy atom. The average Bonchev–Trinajstić information content (AvgIpc) is 2.88. The first-order valence-electron chi connectivity index (χ1n) is 4.09. The maximum absolute atomic E-state index is 5.89. The lowest BCUT2D eigenvalue weighted by Gasteiger charge is -2.05. The second-order valence-corrected chi connectivity index (χ2v) is 3.70. The van der Waals surface area contributed by atoms with E-state index in [1.165, 1.54) is 18.4 Å². The summed E-state index contributed by atoms with van der Waals surface area (Å²) in [7, 11) is 1.70. The van der Waals surface area contributed by atoms with Crippen LogP contribution in [-0.4, -0.2) is 18.1 Å². The predicted octanol–water partition coefficient (Wildman–Crippen LogP) is 3.22. The van der Waals surface area contributed by atoms with E-state index < -0.39 is 0 Å². The molecule has 0 bridgehead atoms. The molecule has 0 N–H and O–H groups in total. The Morgan fingerprint density at radius 3 is 2.42 bits per heavy atom. The molecule has 0 aromatic carbocycles. The molecule has 0 aromatic heterocycles. The van der Waals surface area contributed by atoms with E-state index in [0.29, 0.717) is 17.0 Å². The number of halogens is 2. The van der Waals surface area contributed by atoms with Crippen molar-refractivity contribution in [3.8, 4) is 0 Å². The second kappa shape index (κ2) is 4.29. The third-order valence-electron chi connectivity index (χ3n) is 2.20. The topological polar surface area (TPSA) is 12.4 Å². The van der Waals surface area contributed by atoms with E-state index in [2.05, 4.69) is 4.99 Å². The van der Waals surface area contributed by atoms with Crippen LogP contribution in [0.2, 0.25) is 0 Å². The number of hydrogen-bond donors (Lipinski definition) is 0. The van der Waals surface area contributed by atoms with Gasteiger partial charge >= 0.3 is 0 Å². The monoisotopic (exact) mass is 205 g/mol. The lowest BCUT2D eigenvalue weighted by atomic mass is 10.1. The SMILES string of the molecule is CN=C(Cl)/C(C)=C(\CCl)C1CC1. The first-order valence-corrected chi connectivity index (χ1v) is 5.00. The summed E-state index contributed by atoms with van der Waals surface area (Å²) in [5.41, 5.74) is 2.34. The minimum absolute atomic E-state index is 0.586. The highest BCUT2D eigenvalue weighted by Crippen LogP contribution is 2.38. The van der Waals surface area contributed by atoms with Gasteiger partial charge in [0.25, 0.3) is 0 Å². The molecule has 1 nitrogen and oxygen atoms in total. The highest BCUT2D eigenvalue weighted by atomic mass is 35.5. The Morgan fingerprint density at radius 1 is 1.50 bits per heavy atom. The summed E-state index contributed by atoms with van der Waals surface area (Å²) in [5.74, 6) is 1.26. The summed E-state index contributed by atoms with van der Waals surface area (Å²) in [5, 5.41) is 0.595. The zero-order valence-electron chi connectivity index (χ0n) is 7.40. The zero-order chi connectivity index (χ0) is 9.14. The maximum atomic E-state index is 5.89. The standard InChI is InChI=1S/C9H13Cl2N/c1-6(9(11)12-2)8(5-10)7-3-4-7/h7H,3-5H2,1-2H3/b8-6+,12-9?. The summed E-state index contributed by atoms with van der Waals surface area (Å²) in [6, 6.07) is 0.